The van der Waals surface area contributed by atoms with E-state index < -0.39 is 11.5 Å². The lowest BCUT2D eigenvalue weighted by Gasteiger charge is -2.47. The van der Waals surface area contributed by atoms with Gasteiger partial charge < -0.3 is 24.6 Å². The highest BCUT2D eigenvalue weighted by Gasteiger charge is 2.54. The minimum atomic E-state index is -1.03. The smallest absolute Gasteiger partial charge is 0.329 e. The van der Waals surface area contributed by atoms with E-state index in [0.717, 1.165) is 79.8 Å². The molecule has 8 heteroatoms. The number of pyridine rings is 1. The molecule has 0 saturated heterocycles. The molecule has 2 unspecified atom stereocenters. The lowest BCUT2D eigenvalue weighted by atomic mass is 9.59. The van der Waals surface area contributed by atoms with Gasteiger partial charge in [0.25, 0.3) is 0 Å². The fraction of sp³-hybridized carbons (Fsp3) is 0.442. The van der Waals surface area contributed by atoms with Gasteiger partial charge in [0.05, 0.1) is 26.0 Å². The first-order chi connectivity index (χ1) is 24.8. The number of ether oxygens (including phenoxy) is 3. The number of methoxy groups -OCH3 is 1. The first-order valence-electron chi connectivity index (χ1n) is 18.5. The van der Waals surface area contributed by atoms with Crippen LogP contribution in [0.25, 0.3) is 0 Å². The number of fused-ring (bicyclic) bond motifs is 3. The van der Waals surface area contributed by atoms with E-state index in [4.69, 9.17) is 30.8 Å². The number of nitrogens with one attached hydrogen (secondary N) is 1. The van der Waals surface area contributed by atoms with Gasteiger partial charge in [-0.25, -0.2) is 4.79 Å². The third-order valence-corrected chi connectivity index (χ3v) is 12.0. The number of carbonyl (C=O) groups is 1. The number of aliphatic carboxylic acids is 1. The van der Waals surface area contributed by atoms with E-state index in [-0.39, 0.29) is 11.5 Å². The molecule has 2 N–H and O–H groups in total. The highest BCUT2D eigenvalue weighted by atomic mass is 35.5. The van der Waals surface area contributed by atoms with Crippen LogP contribution in [0.5, 0.6) is 11.5 Å². The maximum atomic E-state index is 12.8. The van der Waals surface area contributed by atoms with Gasteiger partial charge in [0.15, 0.2) is 0 Å². The number of aromatic nitrogens is 1. The lowest BCUT2D eigenvalue weighted by Crippen LogP contribution is -2.53. The summed E-state index contributed by atoms with van der Waals surface area (Å²) in [7, 11) is 1.68. The van der Waals surface area contributed by atoms with Gasteiger partial charge in [0.1, 0.15) is 23.1 Å². The molecule has 3 aliphatic carbocycles. The van der Waals surface area contributed by atoms with Gasteiger partial charge in [-0.3, -0.25) is 4.98 Å². The van der Waals surface area contributed by atoms with Gasteiger partial charge in [0.2, 0.25) is 0 Å². The molecule has 1 heterocycles. The van der Waals surface area contributed by atoms with E-state index in [1.165, 1.54) is 16.7 Å². The van der Waals surface area contributed by atoms with E-state index in [1.54, 1.807) is 7.11 Å². The van der Waals surface area contributed by atoms with E-state index in [2.05, 4.69) is 36.5 Å². The first kappa shape index (κ1) is 35.3. The predicted octanol–water partition coefficient (Wildman–Crippen LogP) is 9.75. The molecule has 0 bridgehead atoms. The average molecular weight is 709 g/mol. The maximum absolute atomic E-state index is 12.8. The van der Waals surface area contributed by atoms with Gasteiger partial charge in [-0.1, -0.05) is 67.4 Å². The summed E-state index contributed by atoms with van der Waals surface area (Å²) in [5.41, 5.74) is 5.77. The van der Waals surface area contributed by atoms with Crippen molar-refractivity contribution in [1.29, 1.82) is 0 Å². The maximum Gasteiger partial charge on any atom is 0.329 e. The highest BCUT2D eigenvalue weighted by Crippen LogP contribution is 2.56. The minimum absolute atomic E-state index is 0.0536. The monoisotopic (exact) mass is 708 g/mol. The summed E-state index contributed by atoms with van der Waals surface area (Å²) in [6.45, 7) is 3.43. The van der Waals surface area contributed by atoms with Crippen molar-refractivity contribution in [3.8, 4) is 11.5 Å². The second-order valence-electron chi connectivity index (χ2n) is 15.0. The average Bonchev–Trinajstić information content (AvgIpc) is 3.27. The van der Waals surface area contributed by atoms with Gasteiger partial charge >= 0.3 is 5.97 Å². The zero-order valence-electron chi connectivity index (χ0n) is 29.7. The summed E-state index contributed by atoms with van der Waals surface area (Å²) in [6.07, 6.45) is 10.6. The highest BCUT2D eigenvalue weighted by molar-refractivity contribution is 6.30. The molecule has 7 nitrogen and oxygen atoms in total. The van der Waals surface area contributed by atoms with Crippen LogP contribution in [-0.4, -0.2) is 35.3 Å². The fourth-order valence-electron chi connectivity index (χ4n) is 9.00. The lowest BCUT2D eigenvalue weighted by molar-refractivity contribution is -0.144. The minimum Gasteiger partial charge on any atom is -0.497 e. The van der Waals surface area contributed by atoms with Crippen LogP contribution in [0.4, 0.5) is 5.69 Å². The number of hydrogen-bond acceptors (Lipinski definition) is 6. The molecular formula is C43H49ClN2O5. The van der Waals surface area contributed by atoms with Crippen LogP contribution in [0.1, 0.15) is 92.3 Å². The Morgan fingerprint density at radius 1 is 1.02 bits per heavy atom. The third kappa shape index (κ3) is 7.47. The second-order valence-corrected chi connectivity index (χ2v) is 15.4. The molecular weight excluding hydrogens is 660 g/mol. The molecule has 0 aliphatic heterocycles. The molecule has 0 radical (unpaired) electrons. The number of halogens is 1. The first-order valence-corrected chi connectivity index (χ1v) is 18.9. The van der Waals surface area contributed by atoms with E-state index in [1.807, 2.05) is 60.8 Å². The Balaban J connectivity index is 1.03. The molecule has 1 aromatic heterocycles. The van der Waals surface area contributed by atoms with Crippen LogP contribution in [0, 0.1) is 11.8 Å². The van der Waals surface area contributed by atoms with Crippen molar-refractivity contribution in [1.82, 2.24) is 4.98 Å². The summed E-state index contributed by atoms with van der Waals surface area (Å²) < 4.78 is 18.4. The standard InChI is InChI=1S/C43H49ClN2O5/c1-29(27-50-38-18-23-45-40-36(38)11-4-6-13-39(40)51-28-30-14-16-35(49-2)17-15-30)24-32-25-31-8-3-5-12-37(31)42(32)19-21-43(22-20-42,41(47)48)46-34-10-7-9-33(44)26-34/h3,5,7-10,12,14-18,23,26,29,32,39,46H,4,6,11,13,19-22,24-25,27-28H2,1-2H3,(H,47,48)/t29-,32?,39?,42?,43?/m1/s1. The van der Waals surface area contributed by atoms with E-state index in [0.29, 0.717) is 42.9 Å². The zero-order valence-corrected chi connectivity index (χ0v) is 30.5. The van der Waals surface area contributed by atoms with E-state index in [9.17, 15) is 9.90 Å². The van der Waals surface area contributed by atoms with Crippen molar-refractivity contribution in [2.75, 3.05) is 19.0 Å². The Morgan fingerprint density at radius 3 is 2.59 bits per heavy atom. The van der Waals surface area contributed by atoms with Gasteiger partial charge in [-0.15, -0.1) is 0 Å². The second kappa shape index (κ2) is 15.3. The summed E-state index contributed by atoms with van der Waals surface area (Å²) in [5, 5.41) is 14.5. The van der Waals surface area contributed by atoms with Gasteiger partial charge in [0, 0.05) is 22.5 Å². The van der Waals surface area contributed by atoms with Gasteiger partial charge in [-0.2, -0.15) is 0 Å². The molecule has 1 fully saturated rings. The van der Waals surface area contributed by atoms with Crippen molar-refractivity contribution in [2.45, 2.75) is 94.8 Å². The molecule has 3 aliphatic rings. The molecule has 4 aromatic rings. The molecule has 7 rings (SSSR count). The van der Waals surface area contributed by atoms with Crippen molar-refractivity contribution in [3.63, 3.8) is 0 Å². The van der Waals surface area contributed by atoms with Crippen molar-refractivity contribution in [3.05, 3.63) is 118 Å². The summed E-state index contributed by atoms with van der Waals surface area (Å²) >= 11 is 6.26. The normalized spacial score (nSPS) is 24.6. The molecule has 3 aromatic carbocycles. The van der Waals surface area contributed by atoms with Crippen molar-refractivity contribution >= 4 is 23.3 Å². The summed E-state index contributed by atoms with van der Waals surface area (Å²) in [6, 6.07) is 26.2. The molecule has 0 amide bonds. The van der Waals surface area contributed by atoms with Crippen molar-refractivity contribution < 1.29 is 24.1 Å². The van der Waals surface area contributed by atoms with E-state index >= 15 is 0 Å². The Labute approximate surface area is 306 Å². The third-order valence-electron chi connectivity index (χ3n) is 11.7. The Morgan fingerprint density at radius 2 is 1.82 bits per heavy atom. The number of rotatable bonds is 12. The number of carboxylic acid groups (broad SMARTS) is 1. The Hall–Kier alpha value is -4.07. The number of carboxylic acids is 1. The SMILES string of the molecule is COc1ccc(COC2CCCCc3c(OC[C@H](C)CC4Cc5ccccc5C45CCC(Nc4cccc(Cl)c4)(C(=O)O)CC5)ccnc32)cc1. The molecule has 3 atom stereocenters. The molecule has 51 heavy (non-hydrogen) atoms. The molecule has 1 saturated carbocycles. The number of nitrogens with zero attached hydrogens (tertiary/aromatic N) is 1. The number of anilines is 1. The van der Waals surface area contributed by atoms with Crippen LogP contribution in [0.2, 0.25) is 5.02 Å². The van der Waals surface area contributed by atoms with Gasteiger partial charge in [-0.05, 0) is 128 Å². The Bertz CT molecular complexity index is 1820. The zero-order chi connectivity index (χ0) is 35.4. The molecule has 1 spiro atoms. The topological polar surface area (TPSA) is 89.9 Å². The van der Waals surface area contributed by atoms with Crippen molar-refractivity contribution in [2.24, 2.45) is 11.8 Å². The van der Waals surface area contributed by atoms with Crippen LogP contribution in [-0.2, 0) is 34.4 Å². The van der Waals surface area contributed by atoms with Crippen LogP contribution in [0.15, 0.2) is 85.1 Å². The Kier molecular flexibility index (Phi) is 10.6. The molecule has 268 valence electrons. The predicted molar refractivity (Wildman–Crippen MR) is 201 cm³/mol. The number of benzene rings is 3. The summed E-state index contributed by atoms with van der Waals surface area (Å²) in [4.78, 5) is 17.7. The fourth-order valence-corrected chi connectivity index (χ4v) is 9.19. The number of hydrogen-bond donors (Lipinski definition) is 2. The quantitative estimate of drug-likeness (QED) is 0.142. The largest absolute Gasteiger partial charge is 0.497 e. The van der Waals surface area contributed by atoms with Crippen LogP contribution < -0.4 is 14.8 Å². The van der Waals surface area contributed by atoms with Crippen LogP contribution >= 0.6 is 11.6 Å². The van der Waals surface area contributed by atoms with Crippen LogP contribution in [0.3, 0.4) is 0 Å². The summed E-state index contributed by atoms with van der Waals surface area (Å²) in [5.74, 6) is 1.69.